The van der Waals surface area contributed by atoms with Crippen LogP contribution < -0.4 is 10.6 Å². The predicted octanol–water partition coefficient (Wildman–Crippen LogP) is 3.75. The van der Waals surface area contributed by atoms with E-state index in [1.165, 1.54) is 24.8 Å². The molecular weight excluding hydrogens is 544 g/mol. The fourth-order valence-corrected chi connectivity index (χ4v) is 5.55. The Morgan fingerprint density at radius 3 is 2.76 bits per heavy atom. The van der Waals surface area contributed by atoms with Gasteiger partial charge in [0, 0.05) is 32.4 Å². The van der Waals surface area contributed by atoms with Gasteiger partial charge in [-0.05, 0) is 87.2 Å². The van der Waals surface area contributed by atoms with Gasteiger partial charge in [0.25, 0.3) is 0 Å². The van der Waals surface area contributed by atoms with Crippen LogP contribution in [-0.2, 0) is 32.6 Å². The van der Waals surface area contributed by atoms with Crippen molar-refractivity contribution in [2.75, 3.05) is 45.3 Å². The Morgan fingerprint density at radius 1 is 1.26 bits per heavy atom. The molecule has 2 heterocycles. The smallest absolute Gasteiger partial charge is 0.326 e. The quantitative estimate of drug-likeness (QED) is 0.255. The van der Waals surface area contributed by atoms with Crippen LogP contribution in [0.25, 0.3) is 0 Å². The van der Waals surface area contributed by atoms with Gasteiger partial charge < -0.3 is 25.4 Å². The maximum absolute atomic E-state index is 13.7. The number of amides is 1. The van der Waals surface area contributed by atoms with E-state index in [1.807, 2.05) is 11.0 Å². The number of hydrogen-bond donors (Lipinski definition) is 3. The number of ether oxygens (including phenoxy) is 1. The lowest BCUT2D eigenvalue weighted by Gasteiger charge is -2.27. The number of carbonyl (C=O) groups is 2. The largest absolute Gasteiger partial charge is 0.480 e. The predicted molar refractivity (Wildman–Crippen MR) is 153 cm³/mol. The number of pyridine rings is 1. The third-order valence-corrected chi connectivity index (χ3v) is 8.22. The van der Waals surface area contributed by atoms with E-state index in [9.17, 15) is 28.7 Å². The first-order chi connectivity index (χ1) is 20.3. The van der Waals surface area contributed by atoms with Crippen molar-refractivity contribution in [1.82, 2.24) is 15.2 Å². The molecule has 1 aromatic carbocycles. The molecule has 1 amide bonds. The number of carboxylic acid groups (broad SMARTS) is 1. The third kappa shape index (κ3) is 7.81. The molecule has 1 aliphatic carbocycles. The molecule has 0 spiro atoms. The van der Waals surface area contributed by atoms with Gasteiger partial charge in [0.15, 0.2) is 0 Å². The molecule has 0 radical (unpaired) electrons. The number of hydrogen-bond acceptors (Lipinski definition) is 7. The summed E-state index contributed by atoms with van der Waals surface area (Å²) >= 11 is 0. The monoisotopic (exact) mass is 583 g/mol. The number of nitrogens with one attached hydrogen (secondary N) is 2. The fraction of sp³-hybridized carbons (Fsp3) is 0.548. The molecule has 2 aromatic rings. The van der Waals surface area contributed by atoms with Crippen molar-refractivity contribution in [3.63, 3.8) is 0 Å². The van der Waals surface area contributed by atoms with E-state index in [0.717, 1.165) is 56.2 Å². The summed E-state index contributed by atoms with van der Waals surface area (Å²) in [7, 11) is 1.44. The molecule has 2 atom stereocenters. The Kier molecular flexibility index (Phi) is 10.8. The number of carboxylic acids is 1. The van der Waals surface area contributed by atoms with Crippen LogP contribution in [0, 0.1) is 17.1 Å². The molecule has 42 heavy (non-hydrogen) atoms. The summed E-state index contributed by atoms with van der Waals surface area (Å²) in [5.74, 6) is -1.28. The van der Waals surface area contributed by atoms with Crippen molar-refractivity contribution in [1.29, 1.82) is 5.26 Å². The molecule has 11 heteroatoms. The summed E-state index contributed by atoms with van der Waals surface area (Å²) in [5, 5.41) is 25.3. The summed E-state index contributed by atoms with van der Waals surface area (Å²) in [4.78, 5) is 32.1. The minimum Gasteiger partial charge on any atom is -0.480 e. The average molecular weight is 584 g/mol. The van der Waals surface area contributed by atoms with E-state index in [-0.39, 0.29) is 12.0 Å². The van der Waals surface area contributed by atoms with E-state index in [2.05, 4.69) is 22.8 Å². The number of anilines is 1. The summed E-state index contributed by atoms with van der Waals surface area (Å²) in [6, 6.07) is 8.66. The molecule has 0 bridgehead atoms. The standard InChI is InChI=1S/C31H39F2N5O4/c1-42-25(18-32)20-38(15-3-2-6-24-9-7-21-5-4-14-35-28(21)36-24)16-11-27(29(39)40)37-30(41)31(12-13-31)26-10-8-23(33)17-22(26)19-34/h7-10,17,25,27H,2-6,11-16,18,20H2,1H3,(H,35,36)(H,37,41)(H,39,40)/t25-,27+/m1/s1. The Hall–Kier alpha value is -3.62. The molecule has 3 N–H and O–H groups in total. The van der Waals surface area contributed by atoms with Crippen molar-refractivity contribution in [2.45, 2.75) is 68.9 Å². The van der Waals surface area contributed by atoms with Gasteiger partial charge in [0.2, 0.25) is 5.91 Å². The zero-order valence-electron chi connectivity index (χ0n) is 24.0. The summed E-state index contributed by atoms with van der Waals surface area (Å²) in [5.41, 5.74) is 1.69. The van der Waals surface area contributed by atoms with Gasteiger partial charge in [-0.3, -0.25) is 4.79 Å². The van der Waals surface area contributed by atoms with Crippen LogP contribution >= 0.6 is 0 Å². The number of fused-ring (bicyclic) bond motifs is 1. The van der Waals surface area contributed by atoms with Crippen molar-refractivity contribution in [3.8, 4) is 6.07 Å². The number of aryl methyl sites for hydroxylation is 2. The number of unbranched alkanes of at least 4 members (excludes halogenated alkanes) is 1. The van der Waals surface area contributed by atoms with Crippen molar-refractivity contribution < 1.29 is 28.2 Å². The van der Waals surface area contributed by atoms with Crippen LogP contribution in [0.2, 0.25) is 0 Å². The maximum Gasteiger partial charge on any atom is 0.326 e. The highest BCUT2D eigenvalue weighted by Crippen LogP contribution is 2.49. The van der Waals surface area contributed by atoms with Gasteiger partial charge in [-0.15, -0.1) is 0 Å². The number of nitriles is 1. The minimum absolute atomic E-state index is 0.0689. The summed E-state index contributed by atoms with van der Waals surface area (Å²) in [6.07, 6.45) is 4.93. The zero-order valence-corrected chi connectivity index (χ0v) is 24.0. The summed E-state index contributed by atoms with van der Waals surface area (Å²) < 4.78 is 32.4. The lowest BCUT2D eigenvalue weighted by Crippen LogP contribution is -2.47. The SMILES string of the molecule is CO[C@H](CF)CN(CCCCc1ccc2c(n1)NCCC2)CC[C@H](NC(=O)C1(c2ccc(F)cc2C#N)CC1)C(=O)O. The number of aliphatic carboxylic acids is 1. The van der Waals surface area contributed by atoms with Crippen molar-refractivity contribution in [3.05, 3.63) is 58.5 Å². The number of nitrogens with zero attached hydrogens (tertiary/aromatic N) is 3. The highest BCUT2D eigenvalue weighted by atomic mass is 19.1. The van der Waals surface area contributed by atoms with Crippen LogP contribution in [0.4, 0.5) is 14.6 Å². The molecule has 1 aliphatic heterocycles. The van der Waals surface area contributed by atoms with Crippen LogP contribution in [0.3, 0.4) is 0 Å². The van der Waals surface area contributed by atoms with Crippen LogP contribution in [0.15, 0.2) is 30.3 Å². The number of rotatable bonds is 16. The minimum atomic E-state index is -1.18. The molecular formula is C31H39F2N5O4. The van der Waals surface area contributed by atoms with Gasteiger partial charge >= 0.3 is 5.97 Å². The molecule has 226 valence electrons. The van der Waals surface area contributed by atoms with E-state index in [1.54, 1.807) is 0 Å². The molecule has 1 saturated carbocycles. The first-order valence-electron chi connectivity index (χ1n) is 14.6. The molecule has 1 fully saturated rings. The second-order valence-electron chi connectivity index (χ2n) is 11.1. The summed E-state index contributed by atoms with van der Waals surface area (Å²) in [6.45, 7) is 1.47. The highest BCUT2D eigenvalue weighted by Gasteiger charge is 2.53. The second kappa shape index (κ2) is 14.5. The van der Waals surface area contributed by atoms with Gasteiger partial charge in [-0.2, -0.15) is 5.26 Å². The van der Waals surface area contributed by atoms with Gasteiger partial charge in [-0.1, -0.05) is 12.1 Å². The number of methoxy groups -OCH3 is 1. The van der Waals surface area contributed by atoms with E-state index in [0.29, 0.717) is 38.0 Å². The third-order valence-electron chi connectivity index (χ3n) is 8.22. The van der Waals surface area contributed by atoms with Crippen LogP contribution in [-0.4, -0.2) is 79.0 Å². The van der Waals surface area contributed by atoms with Gasteiger partial charge in [0.05, 0.1) is 23.2 Å². The van der Waals surface area contributed by atoms with Crippen LogP contribution in [0.1, 0.15) is 60.9 Å². The van der Waals surface area contributed by atoms with Crippen LogP contribution in [0.5, 0.6) is 0 Å². The number of carbonyl (C=O) groups excluding carboxylic acids is 1. The number of benzene rings is 1. The first-order valence-corrected chi connectivity index (χ1v) is 14.6. The maximum atomic E-state index is 13.7. The molecule has 4 rings (SSSR count). The second-order valence-corrected chi connectivity index (χ2v) is 11.1. The first kappa shape index (κ1) is 31.3. The Bertz CT molecular complexity index is 1290. The molecule has 0 unspecified atom stereocenters. The number of alkyl halides is 1. The fourth-order valence-electron chi connectivity index (χ4n) is 5.55. The van der Waals surface area contributed by atoms with E-state index < -0.39 is 41.9 Å². The highest BCUT2D eigenvalue weighted by molar-refractivity contribution is 5.94. The Morgan fingerprint density at radius 2 is 2.07 bits per heavy atom. The van der Waals surface area contributed by atoms with E-state index >= 15 is 0 Å². The van der Waals surface area contributed by atoms with Gasteiger partial charge in [0.1, 0.15) is 24.4 Å². The van der Waals surface area contributed by atoms with E-state index in [4.69, 9.17) is 9.72 Å². The van der Waals surface area contributed by atoms with Crippen molar-refractivity contribution >= 4 is 17.7 Å². The zero-order chi connectivity index (χ0) is 30.1. The number of halogens is 2. The molecule has 1 aromatic heterocycles. The Balaban J connectivity index is 1.34. The number of aromatic nitrogens is 1. The van der Waals surface area contributed by atoms with Crippen molar-refractivity contribution in [2.24, 2.45) is 0 Å². The average Bonchev–Trinajstić information content (AvgIpc) is 3.81. The topological polar surface area (TPSA) is 128 Å². The lowest BCUT2D eigenvalue weighted by molar-refractivity contribution is -0.142. The van der Waals surface area contributed by atoms with Gasteiger partial charge in [-0.25, -0.2) is 18.6 Å². The molecule has 9 nitrogen and oxygen atoms in total. The molecule has 2 aliphatic rings. The normalized spacial score (nSPS) is 16.5. The Labute approximate surface area is 245 Å². The lowest BCUT2D eigenvalue weighted by atomic mass is 9.90. The molecule has 0 saturated heterocycles.